The van der Waals surface area contributed by atoms with Crippen molar-refractivity contribution in [2.24, 2.45) is 0 Å². The molecular formula is C16H21FN4O2. The highest BCUT2D eigenvalue weighted by Gasteiger charge is 2.17. The number of H-pyrrole nitrogens is 1. The zero-order chi connectivity index (χ0) is 16.9. The van der Waals surface area contributed by atoms with Gasteiger partial charge in [-0.05, 0) is 38.5 Å². The van der Waals surface area contributed by atoms with Crippen LogP contribution < -0.4 is 10.6 Å². The Morgan fingerprint density at radius 1 is 1.26 bits per heavy atom. The van der Waals surface area contributed by atoms with Gasteiger partial charge in [-0.2, -0.15) is 5.10 Å². The maximum atomic E-state index is 12.8. The van der Waals surface area contributed by atoms with E-state index in [1.165, 1.54) is 12.1 Å². The second-order valence-corrected chi connectivity index (χ2v) is 6.13. The summed E-state index contributed by atoms with van der Waals surface area (Å²) in [6.45, 7) is 6.47. The molecular weight excluding hydrogens is 299 g/mol. The van der Waals surface area contributed by atoms with E-state index in [9.17, 15) is 9.18 Å². The Morgan fingerprint density at radius 2 is 1.96 bits per heavy atom. The molecule has 0 saturated heterocycles. The van der Waals surface area contributed by atoms with Gasteiger partial charge in [0.1, 0.15) is 17.2 Å². The van der Waals surface area contributed by atoms with Crippen molar-refractivity contribution in [2.75, 3.05) is 5.32 Å². The fraction of sp³-hybridized carbons (Fsp3) is 0.375. The summed E-state index contributed by atoms with van der Waals surface area (Å²) in [5, 5.41) is 12.5. The molecule has 2 rings (SSSR count). The minimum Gasteiger partial charge on any atom is -0.444 e. The van der Waals surface area contributed by atoms with Crippen molar-refractivity contribution in [3.63, 3.8) is 0 Å². The van der Waals surface area contributed by atoms with Crippen LogP contribution in [-0.2, 0) is 17.8 Å². The van der Waals surface area contributed by atoms with Gasteiger partial charge in [-0.25, -0.2) is 9.18 Å². The van der Waals surface area contributed by atoms with Gasteiger partial charge in [-0.3, -0.25) is 10.4 Å². The van der Waals surface area contributed by atoms with Crippen LogP contribution in [0.4, 0.5) is 15.0 Å². The number of nitrogens with one attached hydrogen (secondary N) is 3. The summed E-state index contributed by atoms with van der Waals surface area (Å²) < 4.78 is 18.0. The summed E-state index contributed by atoms with van der Waals surface area (Å²) >= 11 is 0. The number of halogens is 1. The quantitative estimate of drug-likeness (QED) is 0.790. The van der Waals surface area contributed by atoms with E-state index in [1.54, 1.807) is 39.1 Å². The first-order valence-corrected chi connectivity index (χ1v) is 7.31. The van der Waals surface area contributed by atoms with Crippen LogP contribution in [0.3, 0.4) is 0 Å². The van der Waals surface area contributed by atoms with E-state index in [4.69, 9.17) is 4.74 Å². The molecule has 3 N–H and O–H groups in total. The van der Waals surface area contributed by atoms with E-state index in [0.29, 0.717) is 18.9 Å². The lowest BCUT2D eigenvalue weighted by molar-refractivity contribution is 0.0635. The fourth-order valence-electron chi connectivity index (χ4n) is 1.90. The number of nitrogens with zero attached hydrogens (tertiary/aromatic N) is 1. The highest BCUT2D eigenvalue weighted by atomic mass is 19.1. The number of benzene rings is 1. The molecule has 23 heavy (non-hydrogen) atoms. The van der Waals surface area contributed by atoms with Crippen LogP contribution in [0.1, 0.15) is 31.9 Å². The molecule has 0 aliphatic rings. The Kier molecular flexibility index (Phi) is 5.33. The first-order valence-electron chi connectivity index (χ1n) is 7.31. The summed E-state index contributed by atoms with van der Waals surface area (Å²) in [6, 6.07) is 6.28. The van der Waals surface area contributed by atoms with Crippen molar-refractivity contribution in [2.45, 2.75) is 39.5 Å². The molecule has 1 aromatic heterocycles. The number of aromatic nitrogens is 2. The molecule has 1 aromatic carbocycles. The van der Waals surface area contributed by atoms with Gasteiger partial charge in [-0.1, -0.05) is 12.1 Å². The molecule has 0 aliphatic heterocycles. The molecule has 0 atom stereocenters. The first-order chi connectivity index (χ1) is 10.8. The number of aromatic amines is 1. The van der Waals surface area contributed by atoms with Gasteiger partial charge in [0.15, 0.2) is 0 Å². The zero-order valence-corrected chi connectivity index (χ0v) is 13.4. The van der Waals surface area contributed by atoms with Crippen molar-refractivity contribution >= 4 is 11.9 Å². The van der Waals surface area contributed by atoms with Gasteiger partial charge in [-0.15, -0.1) is 0 Å². The Morgan fingerprint density at radius 3 is 2.61 bits per heavy atom. The van der Waals surface area contributed by atoms with Crippen molar-refractivity contribution in [1.82, 2.24) is 15.5 Å². The third kappa shape index (κ3) is 5.71. The van der Waals surface area contributed by atoms with Gasteiger partial charge in [0, 0.05) is 18.7 Å². The second kappa shape index (κ2) is 7.23. The van der Waals surface area contributed by atoms with Crippen LogP contribution in [0.15, 0.2) is 30.5 Å². The predicted octanol–water partition coefficient (Wildman–Crippen LogP) is 3.19. The maximum Gasteiger partial charge on any atom is 0.413 e. The predicted molar refractivity (Wildman–Crippen MR) is 85.4 cm³/mol. The second-order valence-electron chi connectivity index (χ2n) is 6.13. The van der Waals surface area contributed by atoms with E-state index < -0.39 is 11.7 Å². The molecule has 0 unspecified atom stereocenters. The molecule has 0 saturated carbocycles. The van der Waals surface area contributed by atoms with Crippen molar-refractivity contribution < 1.29 is 13.9 Å². The van der Waals surface area contributed by atoms with Crippen LogP contribution in [0.5, 0.6) is 0 Å². The monoisotopic (exact) mass is 320 g/mol. The SMILES string of the molecule is CC(C)(C)OC(=O)Nc1[nH]ncc1CNCc1ccc(F)cc1. The average molecular weight is 320 g/mol. The largest absolute Gasteiger partial charge is 0.444 e. The molecule has 7 heteroatoms. The van der Waals surface area contributed by atoms with Gasteiger partial charge in [0.05, 0.1) is 6.20 Å². The average Bonchev–Trinajstić information content (AvgIpc) is 2.86. The molecule has 0 radical (unpaired) electrons. The third-order valence-electron chi connectivity index (χ3n) is 2.90. The van der Waals surface area contributed by atoms with Crippen LogP contribution in [0.2, 0.25) is 0 Å². The lowest BCUT2D eigenvalue weighted by Gasteiger charge is -2.19. The number of ether oxygens (including phenoxy) is 1. The molecule has 0 spiro atoms. The summed E-state index contributed by atoms with van der Waals surface area (Å²) in [5.41, 5.74) is 1.21. The molecule has 6 nitrogen and oxygen atoms in total. The normalized spacial score (nSPS) is 11.3. The van der Waals surface area contributed by atoms with E-state index in [0.717, 1.165) is 11.1 Å². The summed E-state index contributed by atoms with van der Waals surface area (Å²) in [5.74, 6) is 0.235. The van der Waals surface area contributed by atoms with Crippen molar-refractivity contribution in [1.29, 1.82) is 0 Å². The first kappa shape index (κ1) is 17.0. The number of rotatable bonds is 5. The highest BCUT2D eigenvalue weighted by molar-refractivity contribution is 5.84. The van der Waals surface area contributed by atoms with Crippen LogP contribution in [0.25, 0.3) is 0 Å². The van der Waals surface area contributed by atoms with Gasteiger partial charge in [0.25, 0.3) is 0 Å². The number of carbonyl (C=O) groups is 1. The zero-order valence-electron chi connectivity index (χ0n) is 13.4. The van der Waals surface area contributed by atoms with Gasteiger partial charge < -0.3 is 10.1 Å². The van der Waals surface area contributed by atoms with Crippen LogP contribution >= 0.6 is 0 Å². The number of anilines is 1. The Labute approximate surface area is 134 Å². The molecule has 0 bridgehead atoms. The van der Waals surface area contributed by atoms with Crippen LogP contribution in [0, 0.1) is 5.82 Å². The summed E-state index contributed by atoms with van der Waals surface area (Å²) in [4.78, 5) is 11.8. The lowest BCUT2D eigenvalue weighted by Crippen LogP contribution is -2.27. The number of amides is 1. The number of hydrogen-bond acceptors (Lipinski definition) is 4. The fourth-order valence-corrected chi connectivity index (χ4v) is 1.90. The molecule has 0 fully saturated rings. The molecule has 2 aromatic rings. The third-order valence-corrected chi connectivity index (χ3v) is 2.90. The molecule has 0 aliphatic carbocycles. The van der Waals surface area contributed by atoms with Gasteiger partial charge >= 0.3 is 6.09 Å². The molecule has 124 valence electrons. The molecule has 1 amide bonds. The van der Waals surface area contributed by atoms with Crippen molar-refractivity contribution in [3.05, 3.63) is 47.4 Å². The minimum absolute atomic E-state index is 0.257. The topological polar surface area (TPSA) is 79.0 Å². The minimum atomic E-state index is -0.564. The van der Waals surface area contributed by atoms with E-state index in [1.807, 2.05) is 0 Å². The lowest BCUT2D eigenvalue weighted by atomic mass is 10.2. The van der Waals surface area contributed by atoms with E-state index >= 15 is 0 Å². The van der Waals surface area contributed by atoms with Crippen LogP contribution in [-0.4, -0.2) is 21.9 Å². The summed E-state index contributed by atoms with van der Waals surface area (Å²) in [6.07, 6.45) is 1.09. The van der Waals surface area contributed by atoms with Gasteiger partial charge in [0.2, 0.25) is 0 Å². The smallest absolute Gasteiger partial charge is 0.413 e. The summed E-state index contributed by atoms with van der Waals surface area (Å²) in [7, 11) is 0. The Balaban J connectivity index is 1.86. The number of carbonyl (C=O) groups excluding carboxylic acids is 1. The number of hydrogen-bond donors (Lipinski definition) is 3. The Bertz CT molecular complexity index is 647. The highest BCUT2D eigenvalue weighted by Crippen LogP contribution is 2.14. The van der Waals surface area contributed by atoms with Crippen molar-refractivity contribution in [3.8, 4) is 0 Å². The molecule has 1 heterocycles. The Hall–Kier alpha value is -2.41. The maximum absolute atomic E-state index is 12.8. The van der Waals surface area contributed by atoms with E-state index in [-0.39, 0.29) is 5.82 Å². The van der Waals surface area contributed by atoms with E-state index in [2.05, 4.69) is 20.8 Å². The standard InChI is InChI=1S/C16H21FN4O2/c1-16(2,3)23-15(22)20-14-12(10-19-21-14)9-18-8-11-4-6-13(17)7-5-11/h4-7,10,18H,8-9H2,1-3H3,(H2,19,20,21,22).